The first-order valence-corrected chi connectivity index (χ1v) is 14.7. The Morgan fingerprint density at radius 2 is 1.91 bits per heavy atom. The monoisotopic (exact) mass is 476 g/mol. The van der Waals surface area contributed by atoms with E-state index in [1.165, 1.54) is 70.6 Å². The fourth-order valence-corrected chi connectivity index (χ4v) is 9.44. The van der Waals surface area contributed by atoms with E-state index in [4.69, 9.17) is 16.3 Å². The third-order valence-corrected chi connectivity index (χ3v) is 11.3. The number of hydrogen-bond donors (Lipinski definition) is 0. The molecule has 8 unspecified atom stereocenters. The molecule has 0 saturated heterocycles. The highest BCUT2D eigenvalue weighted by Gasteiger charge is 2.59. The van der Waals surface area contributed by atoms with Crippen LogP contribution in [0.3, 0.4) is 0 Å². The van der Waals surface area contributed by atoms with Gasteiger partial charge in [0, 0.05) is 18.0 Å². The summed E-state index contributed by atoms with van der Waals surface area (Å²) in [5.41, 5.74) is 1.91. The van der Waals surface area contributed by atoms with Crippen molar-refractivity contribution >= 4 is 17.0 Å². The Bertz CT molecular complexity index is 729. The Balaban J connectivity index is 1.51. The molecule has 0 aromatic rings. The molecule has 0 amide bonds. The van der Waals surface area contributed by atoms with Crippen LogP contribution in [0.5, 0.6) is 0 Å². The molecule has 0 aliphatic heterocycles. The van der Waals surface area contributed by atoms with E-state index >= 15 is 0 Å². The molecule has 0 aromatic carbocycles. The summed E-state index contributed by atoms with van der Waals surface area (Å²) in [4.78, 5) is 11.4. The molecule has 3 heteroatoms. The van der Waals surface area contributed by atoms with Crippen molar-refractivity contribution in [3.63, 3.8) is 0 Å². The molecule has 3 saturated carbocycles. The summed E-state index contributed by atoms with van der Waals surface area (Å²) in [7, 11) is 0. The molecule has 4 aliphatic rings. The molecule has 4 rings (SSSR count). The minimum atomic E-state index is -0.636. The van der Waals surface area contributed by atoms with Crippen LogP contribution in [0.15, 0.2) is 11.6 Å². The molecule has 8 atom stereocenters. The van der Waals surface area contributed by atoms with E-state index < -0.39 is 5.43 Å². The second-order valence-corrected chi connectivity index (χ2v) is 13.1. The van der Waals surface area contributed by atoms with Crippen molar-refractivity contribution in [3.05, 3.63) is 11.6 Å². The third-order valence-electron chi connectivity index (χ3n) is 11.2. The highest BCUT2D eigenvalue weighted by atomic mass is 35.5. The van der Waals surface area contributed by atoms with E-state index in [2.05, 4.69) is 40.7 Å². The molecule has 0 spiro atoms. The average molecular weight is 477 g/mol. The van der Waals surface area contributed by atoms with Crippen molar-refractivity contribution in [2.45, 2.75) is 124 Å². The quantitative estimate of drug-likeness (QED) is 0.257. The first kappa shape index (κ1) is 25.6. The van der Waals surface area contributed by atoms with Gasteiger partial charge < -0.3 is 4.74 Å². The van der Waals surface area contributed by atoms with Crippen LogP contribution in [0.4, 0.5) is 4.79 Å². The molecule has 3 fully saturated rings. The lowest BCUT2D eigenvalue weighted by Crippen LogP contribution is -2.51. The number of rotatable bonds is 8. The van der Waals surface area contributed by atoms with E-state index in [1.54, 1.807) is 5.57 Å². The SMILES string of the molecule is CCC12CCC3C(CC=C4CC(OC(=O)Cl)CCC43CC)C1CC(C(C)CCCC(C)C)C2. The molecule has 0 heterocycles. The minimum absolute atomic E-state index is 0.0154. The minimum Gasteiger partial charge on any atom is -0.450 e. The molecule has 188 valence electrons. The van der Waals surface area contributed by atoms with Gasteiger partial charge in [0.05, 0.1) is 0 Å². The van der Waals surface area contributed by atoms with Gasteiger partial charge in [-0.15, -0.1) is 0 Å². The summed E-state index contributed by atoms with van der Waals surface area (Å²) in [6.07, 6.45) is 19.6. The number of carbonyl (C=O) groups excluding carboxylic acids is 1. The molecular formula is C30H49ClO2. The number of fused-ring (bicyclic) bond motifs is 5. The Kier molecular flexibility index (Phi) is 7.94. The fourth-order valence-electron chi connectivity index (χ4n) is 9.32. The van der Waals surface area contributed by atoms with Crippen molar-refractivity contribution in [2.24, 2.45) is 46.3 Å². The highest BCUT2D eigenvalue weighted by molar-refractivity contribution is 6.61. The Morgan fingerprint density at radius 3 is 2.58 bits per heavy atom. The topological polar surface area (TPSA) is 26.3 Å². The van der Waals surface area contributed by atoms with Crippen molar-refractivity contribution in [1.82, 2.24) is 0 Å². The fraction of sp³-hybridized carbons (Fsp3) is 0.900. The van der Waals surface area contributed by atoms with Crippen LogP contribution >= 0.6 is 11.6 Å². The predicted octanol–water partition coefficient (Wildman–Crippen LogP) is 9.55. The van der Waals surface area contributed by atoms with Gasteiger partial charge in [-0.3, -0.25) is 0 Å². The Labute approximate surface area is 208 Å². The van der Waals surface area contributed by atoms with Crippen LogP contribution in [0.2, 0.25) is 0 Å². The number of allylic oxidation sites excluding steroid dienone is 1. The zero-order valence-electron chi connectivity index (χ0n) is 22.0. The zero-order chi connectivity index (χ0) is 23.8. The molecule has 4 aliphatic carbocycles. The Morgan fingerprint density at radius 1 is 1.12 bits per heavy atom. The van der Waals surface area contributed by atoms with Gasteiger partial charge in [0.1, 0.15) is 6.10 Å². The van der Waals surface area contributed by atoms with Crippen LogP contribution < -0.4 is 0 Å². The van der Waals surface area contributed by atoms with E-state index in [0.717, 1.165) is 48.3 Å². The predicted molar refractivity (Wildman–Crippen MR) is 138 cm³/mol. The molecular weight excluding hydrogens is 428 g/mol. The van der Waals surface area contributed by atoms with Gasteiger partial charge in [0.2, 0.25) is 0 Å². The summed E-state index contributed by atoms with van der Waals surface area (Å²) in [6, 6.07) is 0. The number of halogens is 1. The maximum Gasteiger partial charge on any atom is 0.404 e. The summed E-state index contributed by atoms with van der Waals surface area (Å²) in [5.74, 6) is 5.26. The zero-order valence-corrected chi connectivity index (χ0v) is 22.8. The van der Waals surface area contributed by atoms with Crippen LogP contribution in [-0.4, -0.2) is 11.5 Å². The molecule has 0 radical (unpaired) electrons. The normalized spacial score (nSPS) is 41.1. The van der Waals surface area contributed by atoms with E-state index in [9.17, 15) is 4.79 Å². The molecule has 2 nitrogen and oxygen atoms in total. The number of carbonyl (C=O) groups is 1. The summed E-state index contributed by atoms with van der Waals surface area (Å²) in [6.45, 7) is 12.2. The second-order valence-electron chi connectivity index (χ2n) is 12.8. The highest BCUT2D eigenvalue weighted by Crippen LogP contribution is 2.68. The first-order chi connectivity index (χ1) is 15.7. The lowest BCUT2D eigenvalue weighted by Gasteiger charge is -2.59. The van der Waals surface area contributed by atoms with Crippen molar-refractivity contribution in [3.8, 4) is 0 Å². The maximum absolute atomic E-state index is 11.4. The van der Waals surface area contributed by atoms with Gasteiger partial charge in [-0.25, -0.2) is 4.79 Å². The van der Waals surface area contributed by atoms with Crippen LogP contribution in [0.1, 0.15) is 118 Å². The Hall–Kier alpha value is -0.500. The maximum atomic E-state index is 11.4. The van der Waals surface area contributed by atoms with Crippen LogP contribution in [-0.2, 0) is 4.74 Å². The van der Waals surface area contributed by atoms with Gasteiger partial charge in [0.15, 0.2) is 0 Å². The molecule has 0 aromatic heterocycles. The standard InChI is InChI=1S/C30H49ClO2/c1-6-29-15-14-26-25(27(29)17-22(19-29)21(5)10-8-9-20(3)4)12-11-23-18-24(33-28(31)32)13-16-30(23,26)7-2/h11,20-22,24-27H,6-10,12-19H2,1-5H3. The van der Waals surface area contributed by atoms with Crippen LogP contribution in [0, 0.1) is 46.3 Å². The van der Waals surface area contributed by atoms with Gasteiger partial charge >= 0.3 is 5.43 Å². The lowest BCUT2D eigenvalue weighted by molar-refractivity contribution is -0.0531. The first-order valence-electron chi connectivity index (χ1n) is 14.3. The van der Waals surface area contributed by atoms with Crippen molar-refractivity contribution in [2.75, 3.05) is 0 Å². The molecule has 0 N–H and O–H groups in total. The van der Waals surface area contributed by atoms with Gasteiger partial charge in [-0.05, 0) is 97.7 Å². The number of hydrogen-bond acceptors (Lipinski definition) is 2. The third kappa shape index (κ3) is 4.81. The summed E-state index contributed by atoms with van der Waals surface area (Å²) < 4.78 is 5.44. The van der Waals surface area contributed by atoms with Crippen LogP contribution in [0.25, 0.3) is 0 Å². The largest absolute Gasteiger partial charge is 0.450 e. The lowest BCUT2D eigenvalue weighted by atomic mass is 9.46. The van der Waals surface area contributed by atoms with Crippen molar-refractivity contribution in [1.29, 1.82) is 0 Å². The van der Waals surface area contributed by atoms with Gasteiger partial charge in [0.25, 0.3) is 0 Å². The van der Waals surface area contributed by atoms with Gasteiger partial charge in [-0.2, -0.15) is 0 Å². The average Bonchev–Trinajstić information content (AvgIpc) is 3.19. The summed E-state index contributed by atoms with van der Waals surface area (Å²) in [5, 5.41) is 0. The van der Waals surface area contributed by atoms with E-state index in [1.807, 2.05) is 0 Å². The molecule has 33 heavy (non-hydrogen) atoms. The van der Waals surface area contributed by atoms with E-state index in [-0.39, 0.29) is 6.10 Å². The number of ether oxygens (including phenoxy) is 1. The molecule has 0 bridgehead atoms. The smallest absolute Gasteiger partial charge is 0.404 e. The van der Waals surface area contributed by atoms with Gasteiger partial charge in [-0.1, -0.05) is 72.0 Å². The van der Waals surface area contributed by atoms with E-state index in [0.29, 0.717) is 10.8 Å². The second kappa shape index (κ2) is 10.2. The summed E-state index contributed by atoms with van der Waals surface area (Å²) >= 11 is 5.56. The van der Waals surface area contributed by atoms with Crippen molar-refractivity contribution < 1.29 is 9.53 Å².